The number of hydrogen-bond donors (Lipinski definition) is 2. The van der Waals surface area contributed by atoms with Crippen LogP contribution in [0, 0.1) is 0 Å². The van der Waals surface area contributed by atoms with Crippen molar-refractivity contribution in [1.82, 2.24) is 10.6 Å². The van der Waals surface area contributed by atoms with E-state index in [-0.39, 0.29) is 11.9 Å². The predicted molar refractivity (Wildman–Crippen MR) is 108 cm³/mol. The fourth-order valence-corrected chi connectivity index (χ4v) is 3.73. The minimum absolute atomic E-state index is 0.0188. The monoisotopic (exact) mass is 364 g/mol. The molecular formula is C22H24N2OS. The van der Waals surface area contributed by atoms with Crippen LogP contribution < -0.4 is 10.6 Å². The van der Waals surface area contributed by atoms with Gasteiger partial charge in [0.15, 0.2) is 0 Å². The molecular weight excluding hydrogens is 340 g/mol. The molecule has 0 saturated carbocycles. The van der Waals surface area contributed by atoms with Gasteiger partial charge in [-0.3, -0.25) is 10.1 Å². The number of thiophene rings is 1. The molecule has 0 aliphatic carbocycles. The van der Waals surface area contributed by atoms with E-state index in [1.807, 2.05) is 42.5 Å². The Kier molecular flexibility index (Phi) is 6.58. The van der Waals surface area contributed by atoms with Crippen molar-refractivity contribution in [2.75, 3.05) is 13.1 Å². The molecule has 4 heteroatoms. The lowest BCUT2D eigenvalue weighted by Crippen LogP contribution is -2.37. The number of benzene rings is 2. The van der Waals surface area contributed by atoms with Crippen molar-refractivity contribution in [3.05, 3.63) is 94.2 Å². The molecule has 2 aromatic carbocycles. The summed E-state index contributed by atoms with van der Waals surface area (Å²) in [4.78, 5) is 13.5. The summed E-state index contributed by atoms with van der Waals surface area (Å²) >= 11 is 1.70. The topological polar surface area (TPSA) is 41.1 Å². The van der Waals surface area contributed by atoms with Crippen molar-refractivity contribution < 1.29 is 4.79 Å². The molecule has 0 radical (unpaired) electrons. The molecule has 0 unspecified atom stereocenters. The lowest BCUT2D eigenvalue weighted by atomic mass is 10.0. The molecule has 0 saturated heterocycles. The van der Waals surface area contributed by atoms with Gasteiger partial charge in [0.1, 0.15) is 0 Å². The zero-order chi connectivity index (χ0) is 18.2. The smallest absolute Gasteiger partial charge is 0.234 e. The number of hydrogen-bond acceptors (Lipinski definition) is 3. The van der Waals surface area contributed by atoms with Crippen molar-refractivity contribution in [2.24, 2.45) is 0 Å². The van der Waals surface area contributed by atoms with Crippen molar-refractivity contribution in [3.63, 3.8) is 0 Å². The van der Waals surface area contributed by atoms with Gasteiger partial charge in [0, 0.05) is 11.4 Å². The Labute approximate surface area is 159 Å². The number of rotatable bonds is 8. The van der Waals surface area contributed by atoms with Gasteiger partial charge in [-0.15, -0.1) is 11.3 Å². The van der Waals surface area contributed by atoms with E-state index >= 15 is 0 Å². The number of amides is 1. The normalized spacial score (nSPS) is 13.1. The molecule has 3 rings (SSSR count). The number of carbonyl (C=O) groups is 1. The Morgan fingerprint density at radius 3 is 2.19 bits per heavy atom. The third-order valence-corrected chi connectivity index (χ3v) is 5.34. The second kappa shape index (κ2) is 9.32. The van der Waals surface area contributed by atoms with E-state index in [2.05, 4.69) is 53.3 Å². The maximum atomic E-state index is 12.3. The lowest BCUT2D eigenvalue weighted by Gasteiger charge is -2.19. The first-order chi connectivity index (χ1) is 12.7. The molecule has 2 atom stereocenters. The van der Waals surface area contributed by atoms with Gasteiger partial charge in [-0.25, -0.2) is 0 Å². The number of nitrogens with one attached hydrogen (secondary N) is 2. The summed E-state index contributed by atoms with van der Waals surface area (Å²) in [6.07, 6.45) is 0. The molecule has 134 valence electrons. The van der Waals surface area contributed by atoms with Crippen LogP contribution in [0.25, 0.3) is 0 Å². The molecule has 0 bridgehead atoms. The fourth-order valence-electron chi connectivity index (χ4n) is 2.91. The third-order valence-electron chi connectivity index (χ3n) is 4.40. The highest BCUT2D eigenvalue weighted by Gasteiger charge is 2.16. The fraction of sp³-hybridized carbons (Fsp3) is 0.227. The minimum Gasteiger partial charge on any atom is -0.354 e. The molecule has 26 heavy (non-hydrogen) atoms. The summed E-state index contributed by atoms with van der Waals surface area (Å²) in [5.41, 5.74) is 2.40. The van der Waals surface area contributed by atoms with E-state index in [9.17, 15) is 4.79 Å². The van der Waals surface area contributed by atoms with E-state index in [1.165, 1.54) is 16.0 Å². The molecule has 0 fully saturated rings. The lowest BCUT2D eigenvalue weighted by molar-refractivity contribution is -0.120. The van der Waals surface area contributed by atoms with E-state index < -0.39 is 0 Å². The van der Waals surface area contributed by atoms with E-state index in [1.54, 1.807) is 11.3 Å². The summed E-state index contributed by atoms with van der Waals surface area (Å²) in [6, 6.07) is 24.7. The third kappa shape index (κ3) is 5.04. The van der Waals surface area contributed by atoms with Gasteiger partial charge in [0.2, 0.25) is 5.91 Å². The van der Waals surface area contributed by atoms with Gasteiger partial charge in [-0.1, -0.05) is 73.7 Å². The molecule has 3 nitrogen and oxygen atoms in total. The maximum Gasteiger partial charge on any atom is 0.234 e. The molecule has 0 aliphatic heterocycles. The van der Waals surface area contributed by atoms with Gasteiger partial charge < -0.3 is 5.32 Å². The van der Waals surface area contributed by atoms with Crippen LogP contribution in [0.2, 0.25) is 0 Å². The minimum atomic E-state index is 0.0188. The van der Waals surface area contributed by atoms with Crippen LogP contribution in [0.1, 0.15) is 34.9 Å². The quantitative estimate of drug-likeness (QED) is 0.624. The molecule has 0 spiro atoms. The molecule has 3 aromatic rings. The summed E-state index contributed by atoms with van der Waals surface area (Å²) in [5.74, 6) is 0.313. The van der Waals surface area contributed by atoms with E-state index in [4.69, 9.17) is 0 Å². The zero-order valence-electron chi connectivity index (χ0n) is 14.9. The highest BCUT2D eigenvalue weighted by Crippen LogP contribution is 2.25. The molecule has 1 aromatic heterocycles. The second-order valence-corrected chi connectivity index (χ2v) is 7.34. The molecule has 1 heterocycles. The van der Waals surface area contributed by atoms with Gasteiger partial charge >= 0.3 is 0 Å². The first-order valence-electron chi connectivity index (χ1n) is 8.87. The first kappa shape index (κ1) is 18.4. The zero-order valence-corrected chi connectivity index (χ0v) is 15.7. The Bertz CT molecular complexity index is 788. The first-order valence-corrected chi connectivity index (χ1v) is 9.75. The van der Waals surface area contributed by atoms with Crippen LogP contribution >= 0.6 is 11.3 Å². The van der Waals surface area contributed by atoms with Crippen molar-refractivity contribution in [1.29, 1.82) is 0 Å². The van der Waals surface area contributed by atoms with Crippen LogP contribution in [-0.2, 0) is 4.79 Å². The summed E-state index contributed by atoms with van der Waals surface area (Å²) in [6.45, 7) is 3.06. The highest BCUT2D eigenvalue weighted by molar-refractivity contribution is 7.10. The SMILES string of the molecule is C[C@H](CNC(=O)CN[C@H](c1ccccc1)c1cccs1)c1ccccc1. The van der Waals surface area contributed by atoms with Gasteiger partial charge in [-0.2, -0.15) is 0 Å². The van der Waals surface area contributed by atoms with Crippen LogP contribution in [0.5, 0.6) is 0 Å². The molecule has 0 aliphatic rings. The van der Waals surface area contributed by atoms with Gasteiger partial charge in [0.25, 0.3) is 0 Å². The van der Waals surface area contributed by atoms with Crippen LogP contribution in [0.15, 0.2) is 78.2 Å². The summed E-state index contributed by atoms with van der Waals surface area (Å²) in [5, 5.41) is 8.50. The number of carbonyl (C=O) groups excluding carboxylic acids is 1. The highest BCUT2D eigenvalue weighted by atomic mass is 32.1. The largest absolute Gasteiger partial charge is 0.354 e. The maximum absolute atomic E-state index is 12.3. The van der Waals surface area contributed by atoms with Crippen molar-refractivity contribution >= 4 is 17.2 Å². The standard InChI is InChI=1S/C22H24N2OS/c1-17(18-9-4-2-5-10-18)15-23-21(25)16-24-22(20-13-8-14-26-20)19-11-6-3-7-12-19/h2-14,17,22,24H,15-16H2,1H3,(H,23,25)/t17-,22-/m1/s1. The summed E-state index contributed by atoms with van der Waals surface area (Å²) in [7, 11) is 0. The Morgan fingerprint density at radius 1 is 0.923 bits per heavy atom. The molecule has 2 N–H and O–H groups in total. The van der Waals surface area contributed by atoms with Crippen molar-refractivity contribution in [2.45, 2.75) is 18.9 Å². The Balaban J connectivity index is 1.55. The Morgan fingerprint density at radius 2 is 1.58 bits per heavy atom. The van der Waals surface area contributed by atoms with Crippen molar-refractivity contribution in [3.8, 4) is 0 Å². The van der Waals surface area contributed by atoms with E-state index in [0.29, 0.717) is 19.0 Å². The predicted octanol–water partition coefficient (Wildman–Crippen LogP) is 4.35. The van der Waals surface area contributed by atoms with Crippen LogP contribution in [0.4, 0.5) is 0 Å². The molecule has 1 amide bonds. The summed E-state index contributed by atoms with van der Waals surface area (Å²) < 4.78 is 0. The Hall–Kier alpha value is -2.43. The van der Waals surface area contributed by atoms with E-state index in [0.717, 1.165) is 0 Å². The van der Waals surface area contributed by atoms with Crippen LogP contribution in [-0.4, -0.2) is 19.0 Å². The average molecular weight is 365 g/mol. The van der Waals surface area contributed by atoms with Crippen LogP contribution in [0.3, 0.4) is 0 Å². The van der Waals surface area contributed by atoms with Gasteiger partial charge in [-0.05, 0) is 28.5 Å². The second-order valence-electron chi connectivity index (χ2n) is 6.36. The average Bonchev–Trinajstić information content (AvgIpc) is 3.22. The van der Waals surface area contributed by atoms with Gasteiger partial charge in [0.05, 0.1) is 12.6 Å².